The van der Waals surface area contributed by atoms with E-state index >= 15 is 0 Å². The molecule has 1 heterocycles. The normalized spacial score (nSPS) is 12.3. The fourth-order valence-electron chi connectivity index (χ4n) is 1.91. The first-order valence-electron chi connectivity index (χ1n) is 6.57. The second-order valence-electron chi connectivity index (χ2n) is 5.51. The molecule has 3 N–H and O–H groups in total. The summed E-state index contributed by atoms with van der Waals surface area (Å²) in [4.78, 5) is 4.18. The lowest BCUT2D eigenvalue weighted by Crippen LogP contribution is -2.36. The van der Waals surface area contributed by atoms with Crippen LogP contribution in [0.3, 0.4) is 0 Å². The fraction of sp³-hybridized carbons (Fsp3) is 0.267. The standard InChI is InChI=1S/C15H19N3O2S/c1-15(2,12-7-9-17-10-8-12)11-18-21(19,20)14-5-3-13(16)4-6-14/h3-10,18H,11,16H2,1-2H3. The maximum absolute atomic E-state index is 12.3. The summed E-state index contributed by atoms with van der Waals surface area (Å²) in [5.41, 5.74) is 6.80. The predicted octanol–water partition coefficient (Wildman–Crippen LogP) is 1.92. The predicted molar refractivity (Wildman–Crippen MR) is 83.3 cm³/mol. The molecule has 0 radical (unpaired) electrons. The van der Waals surface area contributed by atoms with Gasteiger partial charge in [0.2, 0.25) is 10.0 Å². The average molecular weight is 305 g/mol. The van der Waals surface area contributed by atoms with Crippen LogP contribution < -0.4 is 10.5 Å². The van der Waals surface area contributed by atoms with Gasteiger partial charge in [-0.1, -0.05) is 13.8 Å². The van der Waals surface area contributed by atoms with Gasteiger partial charge in [0.25, 0.3) is 0 Å². The monoisotopic (exact) mass is 305 g/mol. The van der Waals surface area contributed by atoms with E-state index in [0.717, 1.165) is 5.56 Å². The van der Waals surface area contributed by atoms with Crippen molar-refractivity contribution < 1.29 is 8.42 Å². The highest BCUT2D eigenvalue weighted by Crippen LogP contribution is 2.22. The molecule has 0 spiro atoms. The van der Waals surface area contributed by atoms with Gasteiger partial charge in [0.05, 0.1) is 4.90 Å². The highest BCUT2D eigenvalue weighted by molar-refractivity contribution is 7.89. The lowest BCUT2D eigenvalue weighted by molar-refractivity contribution is 0.501. The van der Waals surface area contributed by atoms with E-state index in [1.807, 2.05) is 26.0 Å². The number of nitrogen functional groups attached to an aromatic ring is 1. The highest BCUT2D eigenvalue weighted by atomic mass is 32.2. The van der Waals surface area contributed by atoms with Gasteiger partial charge in [-0.05, 0) is 42.0 Å². The molecule has 0 aliphatic carbocycles. The van der Waals surface area contributed by atoms with Gasteiger partial charge in [0.1, 0.15) is 0 Å². The smallest absolute Gasteiger partial charge is 0.240 e. The second-order valence-corrected chi connectivity index (χ2v) is 7.28. The van der Waals surface area contributed by atoms with E-state index in [2.05, 4.69) is 9.71 Å². The lowest BCUT2D eigenvalue weighted by Gasteiger charge is -2.25. The van der Waals surface area contributed by atoms with Crippen LogP contribution in [-0.2, 0) is 15.4 Å². The van der Waals surface area contributed by atoms with E-state index < -0.39 is 10.0 Å². The first-order chi connectivity index (χ1) is 9.81. The Kier molecular flexibility index (Phi) is 4.29. The van der Waals surface area contributed by atoms with Crippen LogP contribution in [0.15, 0.2) is 53.7 Å². The minimum absolute atomic E-state index is 0.210. The molecule has 21 heavy (non-hydrogen) atoms. The summed E-state index contributed by atoms with van der Waals surface area (Å²) in [7, 11) is -3.54. The highest BCUT2D eigenvalue weighted by Gasteiger charge is 2.24. The number of pyridine rings is 1. The quantitative estimate of drug-likeness (QED) is 0.826. The Balaban J connectivity index is 2.13. The van der Waals surface area contributed by atoms with Crippen molar-refractivity contribution in [2.75, 3.05) is 12.3 Å². The first-order valence-corrected chi connectivity index (χ1v) is 8.05. The molecule has 0 aliphatic rings. The van der Waals surface area contributed by atoms with Crippen molar-refractivity contribution in [2.24, 2.45) is 0 Å². The zero-order valence-corrected chi connectivity index (χ0v) is 12.9. The van der Waals surface area contributed by atoms with Gasteiger partial charge < -0.3 is 5.73 Å². The Morgan fingerprint density at radius 1 is 1.10 bits per heavy atom. The molecule has 0 fully saturated rings. The van der Waals surface area contributed by atoms with Crippen LogP contribution in [0.25, 0.3) is 0 Å². The van der Waals surface area contributed by atoms with Crippen molar-refractivity contribution >= 4 is 15.7 Å². The van der Waals surface area contributed by atoms with E-state index in [0.29, 0.717) is 12.2 Å². The van der Waals surface area contributed by atoms with Crippen molar-refractivity contribution in [1.29, 1.82) is 0 Å². The Hall–Kier alpha value is -1.92. The molecule has 0 amide bonds. The molecule has 2 rings (SSSR count). The molecule has 2 aromatic rings. The van der Waals surface area contributed by atoms with Crippen molar-refractivity contribution in [3.8, 4) is 0 Å². The number of hydrogen-bond donors (Lipinski definition) is 2. The molecule has 1 aromatic carbocycles. The number of nitrogens with zero attached hydrogens (tertiary/aromatic N) is 1. The maximum Gasteiger partial charge on any atom is 0.240 e. The van der Waals surface area contributed by atoms with Crippen molar-refractivity contribution in [1.82, 2.24) is 9.71 Å². The minimum Gasteiger partial charge on any atom is -0.399 e. The third kappa shape index (κ3) is 3.80. The number of hydrogen-bond acceptors (Lipinski definition) is 4. The van der Waals surface area contributed by atoms with E-state index in [1.54, 1.807) is 24.5 Å². The summed E-state index contributed by atoms with van der Waals surface area (Å²) in [6.45, 7) is 4.26. The molecular formula is C15H19N3O2S. The number of sulfonamides is 1. The third-order valence-electron chi connectivity index (χ3n) is 3.36. The number of rotatable bonds is 5. The summed E-state index contributed by atoms with van der Waals surface area (Å²) in [5.74, 6) is 0. The molecular weight excluding hydrogens is 286 g/mol. The van der Waals surface area contributed by atoms with E-state index in [1.165, 1.54) is 12.1 Å². The summed E-state index contributed by atoms with van der Waals surface area (Å²) in [6, 6.07) is 9.91. The van der Waals surface area contributed by atoms with Crippen LogP contribution in [0.4, 0.5) is 5.69 Å². The second kappa shape index (κ2) is 5.83. The molecule has 0 unspecified atom stereocenters. The minimum atomic E-state index is -3.54. The van der Waals surface area contributed by atoms with Gasteiger partial charge >= 0.3 is 0 Å². The molecule has 0 saturated carbocycles. The molecule has 0 atom stereocenters. The van der Waals surface area contributed by atoms with E-state index in [-0.39, 0.29) is 10.3 Å². The lowest BCUT2D eigenvalue weighted by atomic mass is 9.86. The summed E-state index contributed by atoms with van der Waals surface area (Å²) < 4.78 is 27.2. The average Bonchev–Trinajstić information content (AvgIpc) is 2.47. The van der Waals surface area contributed by atoms with Crippen LogP contribution in [0.5, 0.6) is 0 Å². The molecule has 0 saturated heterocycles. The Morgan fingerprint density at radius 3 is 2.24 bits per heavy atom. The SMILES string of the molecule is CC(C)(CNS(=O)(=O)c1ccc(N)cc1)c1ccncc1. The number of nitrogens with one attached hydrogen (secondary N) is 1. The Morgan fingerprint density at radius 2 is 1.67 bits per heavy atom. The van der Waals surface area contributed by atoms with Gasteiger partial charge in [-0.2, -0.15) is 0 Å². The van der Waals surface area contributed by atoms with Crippen LogP contribution in [0.2, 0.25) is 0 Å². The van der Waals surface area contributed by atoms with Crippen LogP contribution in [0, 0.1) is 0 Å². The van der Waals surface area contributed by atoms with E-state index in [9.17, 15) is 8.42 Å². The molecule has 0 aliphatic heterocycles. The molecule has 112 valence electrons. The number of nitrogens with two attached hydrogens (primary N) is 1. The Labute approximate surface area is 125 Å². The molecule has 6 heteroatoms. The molecule has 5 nitrogen and oxygen atoms in total. The number of anilines is 1. The first kappa shape index (κ1) is 15.5. The zero-order valence-electron chi connectivity index (χ0n) is 12.1. The summed E-state index contributed by atoms with van der Waals surface area (Å²) in [5, 5.41) is 0. The summed E-state index contributed by atoms with van der Waals surface area (Å²) in [6.07, 6.45) is 3.40. The van der Waals surface area contributed by atoms with Gasteiger partial charge in [-0.25, -0.2) is 13.1 Å². The fourth-order valence-corrected chi connectivity index (χ4v) is 3.12. The van der Waals surface area contributed by atoms with Crippen molar-refractivity contribution in [3.63, 3.8) is 0 Å². The Bertz CT molecular complexity index is 695. The van der Waals surface area contributed by atoms with E-state index in [4.69, 9.17) is 5.73 Å². The largest absolute Gasteiger partial charge is 0.399 e. The van der Waals surface area contributed by atoms with Crippen LogP contribution in [0.1, 0.15) is 19.4 Å². The number of aromatic nitrogens is 1. The van der Waals surface area contributed by atoms with Crippen LogP contribution in [-0.4, -0.2) is 19.9 Å². The van der Waals surface area contributed by atoms with Gasteiger partial charge in [-0.15, -0.1) is 0 Å². The van der Waals surface area contributed by atoms with Crippen molar-refractivity contribution in [2.45, 2.75) is 24.2 Å². The topological polar surface area (TPSA) is 85.1 Å². The van der Waals surface area contributed by atoms with Crippen LogP contribution >= 0.6 is 0 Å². The molecule has 0 bridgehead atoms. The van der Waals surface area contributed by atoms with Gasteiger partial charge in [0.15, 0.2) is 0 Å². The summed E-state index contributed by atoms with van der Waals surface area (Å²) >= 11 is 0. The van der Waals surface area contributed by atoms with Gasteiger partial charge in [-0.3, -0.25) is 4.98 Å². The van der Waals surface area contributed by atoms with Crippen molar-refractivity contribution in [3.05, 3.63) is 54.4 Å². The maximum atomic E-state index is 12.3. The number of benzene rings is 1. The zero-order chi connectivity index (χ0) is 15.5. The van der Waals surface area contributed by atoms with Gasteiger partial charge in [0, 0.05) is 30.0 Å². The molecule has 1 aromatic heterocycles. The third-order valence-corrected chi connectivity index (χ3v) is 4.77.